The van der Waals surface area contributed by atoms with Crippen LogP contribution in [0.2, 0.25) is 0 Å². The molecule has 0 aliphatic carbocycles. The normalized spacial score (nSPS) is 12.8. The van der Waals surface area contributed by atoms with Crippen LogP contribution in [-0.2, 0) is 33.3 Å². The number of quaternary nitrogens is 1. The number of nitrogens with zero attached hydrogens (tertiary/aromatic N) is 1. The highest BCUT2D eigenvalue weighted by Crippen LogP contribution is 2.19. The van der Waals surface area contributed by atoms with E-state index in [0.717, 1.165) is 51.4 Å². The Balaban J connectivity index is 4.02. The minimum atomic E-state index is -1.51. The number of allylic oxidation sites excluding steroid dienone is 4. The van der Waals surface area contributed by atoms with Gasteiger partial charge in [-0.2, -0.15) is 0 Å². The molecule has 0 aromatic rings. The van der Waals surface area contributed by atoms with Gasteiger partial charge in [0, 0.05) is 12.8 Å². The predicted octanol–water partition coefficient (Wildman–Crippen LogP) is 20.2. The van der Waals surface area contributed by atoms with Crippen molar-refractivity contribution in [3.63, 3.8) is 0 Å². The van der Waals surface area contributed by atoms with Gasteiger partial charge in [0.15, 0.2) is 6.10 Å². The van der Waals surface area contributed by atoms with E-state index in [1.165, 1.54) is 257 Å². The fourth-order valence-electron chi connectivity index (χ4n) is 10.0. The van der Waals surface area contributed by atoms with Gasteiger partial charge in [-0.1, -0.05) is 301 Å². The SMILES string of the molecule is CCCCC/C=C\C/C=C\CCCCCCCCCCCC(=O)OC(COC(=O)CCCCCCCCCCCCCCCCCCCCCCCCCCCCCCCCCCC)COC(OCC[N+](C)(C)C)C(=O)O. The predicted molar refractivity (Wildman–Crippen MR) is 328 cm³/mol. The van der Waals surface area contributed by atoms with Crippen LogP contribution >= 0.6 is 0 Å². The molecule has 0 saturated carbocycles. The van der Waals surface area contributed by atoms with Crippen molar-refractivity contribution < 1.29 is 42.9 Å². The number of hydrogen-bond donors (Lipinski definition) is 1. The second-order valence-electron chi connectivity index (χ2n) is 24.1. The molecule has 77 heavy (non-hydrogen) atoms. The maximum atomic E-state index is 12.9. The minimum absolute atomic E-state index is 0.178. The highest BCUT2D eigenvalue weighted by atomic mass is 16.7. The molecular formula is C68H130NO8+. The van der Waals surface area contributed by atoms with Crippen LogP contribution in [0.1, 0.15) is 335 Å². The number of carboxylic acid groups (broad SMARTS) is 1. The van der Waals surface area contributed by atoms with Gasteiger partial charge < -0.3 is 28.5 Å². The molecule has 0 aliphatic heterocycles. The molecule has 0 heterocycles. The molecule has 0 aromatic carbocycles. The van der Waals surface area contributed by atoms with Gasteiger partial charge in [-0.25, -0.2) is 4.79 Å². The summed E-state index contributed by atoms with van der Waals surface area (Å²) in [6.07, 6.45) is 70.1. The first-order chi connectivity index (χ1) is 37.6. The second kappa shape index (κ2) is 59.9. The van der Waals surface area contributed by atoms with Crippen molar-refractivity contribution in [3.8, 4) is 0 Å². The van der Waals surface area contributed by atoms with E-state index < -0.39 is 24.3 Å². The van der Waals surface area contributed by atoms with Crippen LogP contribution in [0.3, 0.4) is 0 Å². The van der Waals surface area contributed by atoms with E-state index in [9.17, 15) is 19.5 Å². The Morgan fingerprint density at radius 2 is 0.701 bits per heavy atom. The van der Waals surface area contributed by atoms with Crippen LogP contribution in [0.25, 0.3) is 0 Å². The molecule has 2 atom stereocenters. The number of hydrogen-bond acceptors (Lipinski definition) is 7. The van der Waals surface area contributed by atoms with Crippen molar-refractivity contribution in [1.82, 2.24) is 0 Å². The van der Waals surface area contributed by atoms with Crippen LogP contribution in [0, 0.1) is 0 Å². The minimum Gasteiger partial charge on any atom is -0.477 e. The molecular weight excluding hydrogens is 959 g/mol. The summed E-state index contributed by atoms with van der Waals surface area (Å²) in [6, 6.07) is 0. The molecule has 0 radical (unpaired) electrons. The van der Waals surface area contributed by atoms with Gasteiger partial charge >= 0.3 is 17.9 Å². The second-order valence-corrected chi connectivity index (χ2v) is 24.1. The van der Waals surface area contributed by atoms with Crippen LogP contribution in [0.15, 0.2) is 24.3 Å². The van der Waals surface area contributed by atoms with Crippen molar-refractivity contribution >= 4 is 17.9 Å². The molecule has 0 fully saturated rings. The zero-order valence-electron chi connectivity index (χ0n) is 51.9. The highest BCUT2D eigenvalue weighted by molar-refractivity contribution is 5.71. The Bertz CT molecular complexity index is 1310. The van der Waals surface area contributed by atoms with Crippen molar-refractivity contribution in [3.05, 3.63) is 24.3 Å². The fourth-order valence-corrected chi connectivity index (χ4v) is 10.0. The quantitative estimate of drug-likeness (QED) is 0.0211. The van der Waals surface area contributed by atoms with Crippen LogP contribution in [0.4, 0.5) is 0 Å². The molecule has 0 aliphatic rings. The summed E-state index contributed by atoms with van der Waals surface area (Å²) >= 11 is 0. The zero-order chi connectivity index (χ0) is 56.2. The number of carbonyl (C=O) groups is 3. The third-order valence-corrected chi connectivity index (χ3v) is 15.2. The lowest BCUT2D eigenvalue weighted by Crippen LogP contribution is -2.40. The summed E-state index contributed by atoms with van der Waals surface area (Å²) in [6.45, 7) is 4.91. The van der Waals surface area contributed by atoms with Crippen molar-refractivity contribution in [2.75, 3.05) is 47.5 Å². The smallest absolute Gasteiger partial charge is 0.361 e. The summed E-state index contributed by atoms with van der Waals surface area (Å²) in [5, 5.41) is 9.72. The van der Waals surface area contributed by atoms with E-state index in [4.69, 9.17) is 18.9 Å². The average Bonchev–Trinajstić information content (AvgIpc) is 3.40. The number of esters is 2. The number of carbonyl (C=O) groups excluding carboxylic acids is 2. The summed E-state index contributed by atoms with van der Waals surface area (Å²) in [5.41, 5.74) is 0. The molecule has 454 valence electrons. The topological polar surface area (TPSA) is 108 Å². The Morgan fingerprint density at radius 3 is 1.05 bits per heavy atom. The van der Waals surface area contributed by atoms with Crippen LogP contribution in [-0.4, -0.2) is 87.4 Å². The number of likely N-dealkylation sites (N-methyl/N-ethyl adjacent to an activating group) is 1. The molecule has 0 aromatic heterocycles. The third kappa shape index (κ3) is 61.2. The largest absolute Gasteiger partial charge is 0.477 e. The van der Waals surface area contributed by atoms with Gasteiger partial charge in [0.25, 0.3) is 6.29 Å². The van der Waals surface area contributed by atoms with Crippen molar-refractivity contribution in [2.45, 2.75) is 347 Å². The van der Waals surface area contributed by atoms with Crippen molar-refractivity contribution in [2.24, 2.45) is 0 Å². The summed E-state index contributed by atoms with van der Waals surface area (Å²) < 4.78 is 22.9. The average molecular weight is 1090 g/mol. The van der Waals surface area contributed by atoms with E-state index in [2.05, 4.69) is 38.2 Å². The molecule has 1 N–H and O–H groups in total. The lowest BCUT2D eigenvalue weighted by Gasteiger charge is -2.25. The van der Waals surface area contributed by atoms with Gasteiger partial charge in [0.2, 0.25) is 0 Å². The number of rotatable bonds is 63. The molecule has 2 unspecified atom stereocenters. The third-order valence-electron chi connectivity index (χ3n) is 15.2. The summed E-state index contributed by atoms with van der Waals surface area (Å²) in [5.74, 6) is -1.99. The molecule has 0 saturated heterocycles. The molecule has 0 spiro atoms. The van der Waals surface area contributed by atoms with E-state index in [0.29, 0.717) is 17.4 Å². The van der Waals surface area contributed by atoms with Gasteiger partial charge in [-0.05, 0) is 44.9 Å². The fraction of sp³-hybridized carbons (Fsp3) is 0.897. The Kier molecular flexibility index (Phi) is 58.1. The first-order valence-corrected chi connectivity index (χ1v) is 33.5. The first-order valence-electron chi connectivity index (χ1n) is 33.5. The van der Waals surface area contributed by atoms with Crippen molar-refractivity contribution in [1.29, 1.82) is 0 Å². The molecule has 0 rings (SSSR count). The molecule has 0 bridgehead atoms. The van der Waals surface area contributed by atoms with E-state index in [-0.39, 0.29) is 32.2 Å². The number of ether oxygens (including phenoxy) is 4. The molecule has 0 amide bonds. The number of unbranched alkanes of at least 4 members (excludes halogenated alkanes) is 44. The standard InChI is InChI=1S/C68H129NO8/c1-6-8-10-12-14-16-18-20-22-24-26-27-28-29-30-31-32-33-34-35-36-37-38-39-41-42-44-46-48-50-52-54-56-58-65(70)75-62-64(63-76-68(67(72)73)74-61-60-69(3,4)5)77-66(71)59-57-55-53-51-49-47-45-43-40-25-23-21-19-17-15-13-11-9-7-2/h15,17,21,23,64,68H,6-14,16,18-20,22,24-63H2,1-5H3/p+1/b17-15-,23-21-. The van der Waals surface area contributed by atoms with Gasteiger partial charge in [-0.15, -0.1) is 0 Å². The Morgan fingerprint density at radius 1 is 0.390 bits per heavy atom. The number of carboxylic acids is 1. The summed E-state index contributed by atoms with van der Waals surface area (Å²) in [4.78, 5) is 37.5. The van der Waals surface area contributed by atoms with E-state index in [1.807, 2.05) is 21.1 Å². The maximum Gasteiger partial charge on any atom is 0.361 e. The van der Waals surface area contributed by atoms with Crippen LogP contribution in [0.5, 0.6) is 0 Å². The maximum absolute atomic E-state index is 12.9. The molecule has 9 heteroatoms. The lowest BCUT2D eigenvalue weighted by molar-refractivity contribution is -0.870. The van der Waals surface area contributed by atoms with Crippen LogP contribution < -0.4 is 0 Å². The van der Waals surface area contributed by atoms with Gasteiger partial charge in [-0.3, -0.25) is 9.59 Å². The highest BCUT2D eigenvalue weighted by Gasteiger charge is 2.25. The monoisotopic (exact) mass is 1090 g/mol. The first kappa shape index (κ1) is 74.8. The summed E-state index contributed by atoms with van der Waals surface area (Å²) in [7, 11) is 5.98. The lowest BCUT2D eigenvalue weighted by atomic mass is 10.0. The molecule has 9 nitrogen and oxygen atoms in total. The number of aliphatic carboxylic acids is 1. The van der Waals surface area contributed by atoms with E-state index in [1.54, 1.807) is 0 Å². The Labute approximate surface area is 478 Å². The zero-order valence-corrected chi connectivity index (χ0v) is 51.9. The Hall–Kier alpha value is -2.23. The van der Waals surface area contributed by atoms with Gasteiger partial charge in [0.05, 0.1) is 34.4 Å². The van der Waals surface area contributed by atoms with E-state index >= 15 is 0 Å². The van der Waals surface area contributed by atoms with Gasteiger partial charge in [0.1, 0.15) is 13.2 Å².